The fourth-order valence-electron chi connectivity index (χ4n) is 2.58. The van der Waals surface area contributed by atoms with Crippen LogP contribution in [0.15, 0.2) is 60.7 Å². The van der Waals surface area contributed by atoms with Crippen LogP contribution in [-0.4, -0.2) is 43.4 Å². The standard InChI is InChI=1S/C23H23NO6/c1-16(25)20(14-18-6-4-3-5-7-18)24-21(26)15-30-22(27)13-10-17-8-11-19(12-9-17)23(28)29-2/h3-13,20H,14-15H2,1-2H3,(H,24,26)/b13-10+/t20-/m1/s1. The molecule has 1 amide bonds. The lowest BCUT2D eigenvalue weighted by molar-refractivity contribution is -0.144. The quantitative estimate of drug-likeness (QED) is 0.504. The molecule has 2 rings (SSSR count). The number of hydrogen-bond donors (Lipinski definition) is 1. The molecule has 0 unspecified atom stereocenters. The van der Waals surface area contributed by atoms with Crippen LogP contribution >= 0.6 is 0 Å². The molecule has 0 aliphatic carbocycles. The molecule has 0 radical (unpaired) electrons. The largest absolute Gasteiger partial charge is 0.465 e. The molecule has 0 saturated carbocycles. The summed E-state index contributed by atoms with van der Waals surface area (Å²) in [7, 11) is 1.29. The van der Waals surface area contributed by atoms with Crippen LogP contribution < -0.4 is 5.32 Å². The molecule has 0 spiro atoms. The van der Waals surface area contributed by atoms with Crippen molar-refractivity contribution >= 4 is 29.7 Å². The highest BCUT2D eigenvalue weighted by atomic mass is 16.5. The molecule has 2 aromatic rings. The number of Topliss-reactive ketones (excluding diaryl/α,β-unsaturated/α-hetero) is 1. The second-order valence-electron chi connectivity index (χ2n) is 6.48. The van der Waals surface area contributed by atoms with Crippen molar-refractivity contribution in [1.82, 2.24) is 5.32 Å². The van der Waals surface area contributed by atoms with Crippen LogP contribution in [-0.2, 0) is 30.3 Å². The van der Waals surface area contributed by atoms with E-state index in [0.717, 1.165) is 5.56 Å². The highest BCUT2D eigenvalue weighted by Crippen LogP contribution is 2.08. The molecule has 0 fully saturated rings. The average Bonchev–Trinajstić information content (AvgIpc) is 2.76. The van der Waals surface area contributed by atoms with Crippen molar-refractivity contribution in [3.05, 3.63) is 77.4 Å². The molecule has 1 N–H and O–H groups in total. The van der Waals surface area contributed by atoms with Crippen molar-refractivity contribution < 1.29 is 28.7 Å². The number of rotatable bonds is 9. The van der Waals surface area contributed by atoms with Gasteiger partial charge in [-0.2, -0.15) is 0 Å². The average molecular weight is 409 g/mol. The monoisotopic (exact) mass is 409 g/mol. The number of methoxy groups -OCH3 is 1. The van der Waals surface area contributed by atoms with Gasteiger partial charge in [0, 0.05) is 6.08 Å². The second-order valence-corrected chi connectivity index (χ2v) is 6.48. The molecule has 7 nitrogen and oxygen atoms in total. The molecule has 30 heavy (non-hydrogen) atoms. The van der Waals surface area contributed by atoms with E-state index in [1.807, 2.05) is 30.3 Å². The minimum atomic E-state index is -0.704. The molecule has 0 saturated heterocycles. The lowest BCUT2D eigenvalue weighted by atomic mass is 10.0. The second kappa shape index (κ2) is 11.3. The third kappa shape index (κ3) is 7.35. The van der Waals surface area contributed by atoms with E-state index >= 15 is 0 Å². The minimum Gasteiger partial charge on any atom is -0.465 e. The van der Waals surface area contributed by atoms with Crippen molar-refractivity contribution in [2.24, 2.45) is 0 Å². The Hall–Kier alpha value is -3.74. The summed E-state index contributed by atoms with van der Waals surface area (Å²) in [6.07, 6.45) is 3.03. The first kappa shape index (κ1) is 22.5. The third-order valence-electron chi connectivity index (χ3n) is 4.20. The van der Waals surface area contributed by atoms with E-state index in [4.69, 9.17) is 4.74 Å². The van der Waals surface area contributed by atoms with Crippen LogP contribution in [0, 0.1) is 0 Å². The minimum absolute atomic E-state index is 0.186. The van der Waals surface area contributed by atoms with Gasteiger partial charge in [0.05, 0.1) is 18.7 Å². The van der Waals surface area contributed by atoms with Crippen LogP contribution in [0.4, 0.5) is 0 Å². The number of esters is 2. The van der Waals surface area contributed by atoms with Gasteiger partial charge in [-0.05, 0) is 42.7 Å². The Morgan fingerprint density at radius 3 is 2.27 bits per heavy atom. The maximum Gasteiger partial charge on any atom is 0.337 e. The number of amides is 1. The third-order valence-corrected chi connectivity index (χ3v) is 4.20. The Morgan fingerprint density at radius 2 is 1.67 bits per heavy atom. The van der Waals surface area contributed by atoms with Crippen molar-refractivity contribution in [3.63, 3.8) is 0 Å². The zero-order valence-electron chi connectivity index (χ0n) is 16.8. The number of hydrogen-bond acceptors (Lipinski definition) is 6. The summed E-state index contributed by atoms with van der Waals surface area (Å²) >= 11 is 0. The summed E-state index contributed by atoms with van der Waals surface area (Å²) in [5.74, 6) is -1.90. The maximum absolute atomic E-state index is 12.0. The summed E-state index contributed by atoms with van der Waals surface area (Å²) in [5.41, 5.74) is 1.98. The van der Waals surface area contributed by atoms with Gasteiger partial charge in [-0.15, -0.1) is 0 Å². The van der Waals surface area contributed by atoms with Gasteiger partial charge in [-0.25, -0.2) is 9.59 Å². The zero-order valence-corrected chi connectivity index (χ0v) is 16.8. The van der Waals surface area contributed by atoms with Gasteiger partial charge in [0.2, 0.25) is 0 Å². The predicted molar refractivity (Wildman–Crippen MR) is 111 cm³/mol. The van der Waals surface area contributed by atoms with E-state index in [9.17, 15) is 19.2 Å². The van der Waals surface area contributed by atoms with Crippen molar-refractivity contribution in [1.29, 1.82) is 0 Å². The molecular weight excluding hydrogens is 386 g/mol. The van der Waals surface area contributed by atoms with E-state index in [2.05, 4.69) is 10.1 Å². The summed E-state index contributed by atoms with van der Waals surface area (Å²) in [6.45, 7) is 0.900. The number of carbonyl (C=O) groups is 4. The van der Waals surface area contributed by atoms with Crippen molar-refractivity contribution in [2.45, 2.75) is 19.4 Å². The normalized spacial score (nSPS) is 11.5. The Morgan fingerprint density at radius 1 is 1.00 bits per heavy atom. The predicted octanol–water partition coefficient (Wildman–Crippen LogP) is 2.35. The topological polar surface area (TPSA) is 98.8 Å². The van der Waals surface area contributed by atoms with Gasteiger partial charge >= 0.3 is 11.9 Å². The van der Waals surface area contributed by atoms with E-state index in [1.54, 1.807) is 24.3 Å². The highest BCUT2D eigenvalue weighted by molar-refractivity contribution is 5.92. The Labute approximate surface area is 174 Å². The van der Waals surface area contributed by atoms with Gasteiger partial charge in [0.1, 0.15) is 0 Å². The fourth-order valence-corrected chi connectivity index (χ4v) is 2.58. The van der Waals surface area contributed by atoms with Gasteiger partial charge < -0.3 is 14.8 Å². The van der Waals surface area contributed by atoms with Gasteiger partial charge in [0.15, 0.2) is 12.4 Å². The van der Waals surface area contributed by atoms with Crippen LogP contribution in [0.1, 0.15) is 28.4 Å². The first-order chi connectivity index (χ1) is 14.4. The van der Waals surface area contributed by atoms with Crippen LogP contribution in [0.5, 0.6) is 0 Å². The number of nitrogens with one attached hydrogen (secondary N) is 1. The van der Waals surface area contributed by atoms with E-state index in [0.29, 0.717) is 17.5 Å². The SMILES string of the molecule is COC(=O)c1ccc(/C=C/C(=O)OCC(=O)N[C@H](Cc2ccccc2)C(C)=O)cc1. The van der Waals surface area contributed by atoms with E-state index < -0.39 is 30.5 Å². The Bertz CT molecular complexity index is 918. The first-order valence-corrected chi connectivity index (χ1v) is 9.26. The molecule has 7 heteroatoms. The number of ketones is 1. The van der Waals surface area contributed by atoms with Crippen molar-refractivity contribution in [2.75, 3.05) is 13.7 Å². The first-order valence-electron chi connectivity index (χ1n) is 9.26. The summed E-state index contributed by atoms with van der Waals surface area (Å²) in [5, 5.41) is 2.58. The highest BCUT2D eigenvalue weighted by Gasteiger charge is 2.18. The zero-order chi connectivity index (χ0) is 21.9. The Balaban J connectivity index is 1.82. The van der Waals surface area contributed by atoms with Gasteiger partial charge in [-0.3, -0.25) is 9.59 Å². The molecule has 2 aromatic carbocycles. The molecular formula is C23H23NO6. The maximum atomic E-state index is 12.0. The lowest BCUT2D eigenvalue weighted by Gasteiger charge is -2.16. The molecule has 0 aliphatic rings. The Kier molecular flexibility index (Phi) is 8.50. The summed E-state index contributed by atoms with van der Waals surface area (Å²) < 4.78 is 9.53. The molecule has 0 heterocycles. The smallest absolute Gasteiger partial charge is 0.337 e. The number of ether oxygens (including phenoxy) is 2. The molecule has 156 valence electrons. The lowest BCUT2D eigenvalue weighted by Crippen LogP contribution is -2.43. The molecule has 1 atom stereocenters. The molecule has 0 aromatic heterocycles. The van der Waals surface area contributed by atoms with E-state index in [1.165, 1.54) is 26.2 Å². The summed E-state index contributed by atoms with van der Waals surface area (Å²) in [4.78, 5) is 47.1. The molecule has 0 aliphatic heterocycles. The van der Waals surface area contributed by atoms with Crippen LogP contribution in [0.3, 0.4) is 0 Å². The number of carbonyl (C=O) groups excluding carboxylic acids is 4. The number of benzene rings is 2. The van der Waals surface area contributed by atoms with Gasteiger partial charge in [-0.1, -0.05) is 42.5 Å². The van der Waals surface area contributed by atoms with Crippen LogP contribution in [0.2, 0.25) is 0 Å². The van der Waals surface area contributed by atoms with Crippen LogP contribution in [0.25, 0.3) is 6.08 Å². The summed E-state index contributed by atoms with van der Waals surface area (Å²) in [6, 6.07) is 15.0. The van der Waals surface area contributed by atoms with E-state index in [-0.39, 0.29) is 5.78 Å². The van der Waals surface area contributed by atoms with Gasteiger partial charge in [0.25, 0.3) is 5.91 Å². The molecule has 0 bridgehead atoms. The fraction of sp³-hybridized carbons (Fsp3) is 0.217. The van der Waals surface area contributed by atoms with Crippen molar-refractivity contribution in [3.8, 4) is 0 Å².